The predicted octanol–water partition coefficient (Wildman–Crippen LogP) is 4.46. The molecule has 0 spiro atoms. The fourth-order valence-electron chi connectivity index (χ4n) is 4.03. The Bertz CT molecular complexity index is 1020. The molecule has 1 unspecified atom stereocenters. The second-order valence-electron chi connectivity index (χ2n) is 8.67. The highest BCUT2D eigenvalue weighted by Gasteiger charge is 2.39. The number of ether oxygens (including phenoxy) is 1. The van der Waals surface area contributed by atoms with Crippen LogP contribution in [-0.2, 0) is 11.3 Å². The number of carbonyl (C=O) groups is 2. The van der Waals surface area contributed by atoms with E-state index in [0.29, 0.717) is 30.5 Å². The highest BCUT2D eigenvalue weighted by atomic mass is 32.2. The number of hydrogen-bond donors (Lipinski definition) is 0. The summed E-state index contributed by atoms with van der Waals surface area (Å²) in [6, 6.07) is 7.46. The summed E-state index contributed by atoms with van der Waals surface area (Å²) in [4.78, 5) is 40.1. The summed E-state index contributed by atoms with van der Waals surface area (Å²) in [7, 11) is 1.74. The van der Waals surface area contributed by atoms with Crippen molar-refractivity contribution in [2.24, 2.45) is 0 Å². The Morgan fingerprint density at radius 1 is 1.26 bits per heavy atom. The van der Waals surface area contributed by atoms with E-state index < -0.39 is 5.60 Å². The molecule has 2 aliphatic rings. The number of benzene rings is 1. The first-order valence-electron chi connectivity index (χ1n) is 10.2. The number of fused-ring (bicyclic) bond motifs is 2. The highest BCUT2D eigenvalue weighted by molar-refractivity contribution is 7.98. The molecule has 0 radical (unpaired) electrons. The van der Waals surface area contributed by atoms with Crippen molar-refractivity contribution in [3.8, 4) is 0 Å². The normalized spacial score (nSPS) is 18.5. The van der Waals surface area contributed by atoms with E-state index in [2.05, 4.69) is 9.97 Å². The lowest BCUT2D eigenvalue weighted by atomic mass is 9.94. The van der Waals surface area contributed by atoms with Crippen LogP contribution < -0.4 is 9.80 Å². The van der Waals surface area contributed by atoms with E-state index in [0.717, 1.165) is 16.8 Å². The van der Waals surface area contributed by atoms with Crippen LogP contribution in [0.5, 0.6) is 0 Å². The largest absolute Gasteiger partial charge is 0.443 e. The van der Waals surface area contributed by atoms with Crippen LogP contribution in [0, 0.1) is 0 Å². The summed E-state index contributed by atoms with van der Waals surface area (Å²) in [5, 5.41) is 0.642. The molecule has 0 saturated carbocycles. The third kappa shape index (κ3) is 4.06. The van der Waals surface area contributed by atoms with Gasteiger partial charge in [-0.25, -0.2) is 19.6 Å². The molecule has 3 heterocycles. The van der Waals surface area contributed by atoms with E-state index in [9.17, 15) is 9.59 Å². The second-order valence-corrected chi connectivity index (χ2v) is 9.44. The number of nitrogens with zero attached hydrogens (tertiary/aromatic N) is 5. The molecule has 1 atom stereocenters. The number of urea groups is 1. The molecule has 2 aromatic rings. The van der Waals surface area contributed by atoms with Gasteiger partial charge in [0.05, 0.1) is 18.3 Å². The summed E-state index contributed by atoms with van der Waals surface area (Å²) in [5.74, 6) is 0.653. The lowest BCUT2D eigenvalue weighted by Gasteiger charge is -2.43. The van der Waals surface area contributed by atoms with Crippen LogP contribution >= 0.6 is 11.8 Å². The van der Waals surface area contributed by atoms with Crippen molar-refractivity contribution in [1.29, 1.82) is 0 Å². The third-order valence-electron chi connectivity index (χ3n) is 5.40. The van der Waals surface area contributed by atoms with Crippen molar-refractivity contribution in [3.63, 3.8) is 0 Å². The zero-order valence-electron chi connectivity index (χ0n) is 18.5. The maximum absolute atomic E-state index is 13.3. The van der Waals surface area contributed by atoms with Gasteiger partial charge in [0.15, 0.2) is 5.16 Å². The molecule has 0 fully saturated rings. The van der Waals surface area contributed by atoms with Crippen molar-refractivity contribution >= 4 is 35.4 Å². The summed E-state index contributed by atoms with van der Waals surface area (Å²) in [6.45, 7) is 6.47. The molecular weight excluding hydrogens is 414 g/mol. The third-order valence-corrected chi connectivity index (χ3v) is 5.96. The van der Waals surface area contributed by atoms with Gasteiger partial charge in [-0.15, -0.1) is 0 Å². The molecule has 0 N–H and O–H groups in total. The van der Waals surface area contributed by atoms with Crippen molar-refractivity contribution in [2.75, 3.05) is 29.6 Å². The Hall–Kier alpha value is -2.81. The van der Waals surface area contributed by atoms with Gasteiger partial charge in [0.1, 0.15) is 11.4 Å². The zero-order valence-corrected chi connectivity index (χ0v) is 19.3. The molecule has 4 rings (SSSR count). The minimum absolute atomic E-state index is 0.108. The fourth-order valence-corrected chi connectivity index (χ4v) is 4.37. The predicted molar refractivity (Wildman–Crippen MR) is 121 cm³/mol. The van der Waals surface area contributed by atoms with Gasteiger partial charge in [0, 0.05) is 25.4 Å². The summed E-state index contributed by atoms with van der Waals surface area (Å²) >= 11 is 1.45. The van der Waals surface area contributed by atoms with Crippen LogP contribution in [0.3, 0.4) is 0 Å². The van der Waals surface area contributed by atoms with Crippen molar-refractivity contribution in [1.82, 2.24) is 14.9 Å². The highest BCUT2D eigenvalue weighted by Crippen LogP contribution is 2.41. The monoisotopic (exact) mass is 441 g/mol. The number of amides is 3. The Morgan fingerprint density at radius 3 is 2.71 bits per heavy atom. The molecule has 31 heavy (non-hydrogen) atoms. The summed E-state index contributed by atoms with van der Waals surface area (Å²) < 4.78 is 5.60. The Balaban J connectivity index is 1.66. The molecule has 8 nitrogen and oxygen atoms in total. The van der Waals surface area contributed by atoms with Crippen molar-refractivity contribution in [2.45, 2.75) is 50.5 Å². The van der Waals surface area contributed by atoms with E-state index in [4.69, 9.17) is 4.74 Å². The van der Waals surface area contributed by atoms with Crippen LogP contribution in [0.2, 0.25) is 0 Å². The lowest BCUT2D eigenvalue weighted by molar-refractivity contribution is 0.0572. The van der Waals surface area contributed by atoms with Crippen LogP contribution in [0.1, 0.15) is 44.4 Å². The van der Waals surface area contributed by atoms with Crippen molar-refractivity contribution < 1.29 is 14.3 Å². The minimum atomic E-state index is -0.576. The zero-order chi connectivity index (χ0) is 22.3. The van der Waals surface area contributed by atoms with Gasteiger partial charge in [-0.3, -0.25) is 9.80 Å². The van der Waals surface area contributed by atoms with Gasteiger partial charge in [0.2, 0.25) is 0 Å². The van der Waals surface area contributed by atoms with E-state index in [1.165, 1.54) is 11.8 Å². The first kappa shape index (κ1) is 21.4. The van der Waals surface area contributed by atoms with E-state index in [1.807, 2.05) is 56.2 Å². The number of thioether (sulfide) groups is 1. The average Bonchev–Trinajstić information content (AvgIpc) is 2.74. The molecule has 0 aliphatic carbocycles. The van der Waals surface area contributed by atoms with Gasteiger partial charge in [-0.2, -0.15) is 0 Å². The van der Waals surface area contributed by atoms with Gasteiger partial charge in [-0.1, -0.05) is 30.0 Å². The lowest BCUT2D eigenvalue weighted by Crippen LogP contribution is -2.50. The van der Waals surface area contributed by atoms with Gasteiger partial charge >= 0.3 is 12.1 Å². The van der Waals surface area contributed by atoms with Gasteiger partial charge < -0.3 is 9.64 Å². The quantitative estimate of drug-likeness (QED) is 0.506. The number of anilines is 2. The molecule has 9 heteroatoms. The molecule has 164 valence electrons. The first-order valence-corrected chi connectivity index (χ1v) is 11.5. The maximum atomic E-state index is 13.3. The standard InChI is InChI=1S/C22H27N5O3S/c1-22(2,3)30-21(29)26-11-10-17(15-8-6-7-9-16(15)26)27-13-14-12-23-19(31-5)24-18(14)25(4)20(27)28/h6-9,12,17H,10-11,13H2,1-5H3. The number of para-hydroxylation sites is 1. The Morgan fingerprint density at radius 2 is 2.00 bits per heavy atom. The SMILES string of the molecule is CSc1ncc2c(n1)N(C)C(=O)N(C1CCN(C(=O)OC(C)(C)C)c3ccccc31)C2. The number of carbonyl (C=O) groups excluding carboxylic acids is 2. The molecular formula is C22H27N5O3S. The molecule has 2 aliphatic heterocycles. The fraction of sp³-hybridized carbons (Fsp3) is 0.455. The van der Waals surface area contributed by atoms with E-state index in [-0.39, 0.29) is 18.2 Å². The summed E-state index contributed by atoms with van der Waals surface area (Å²) in [5.41, 5.74) is 2.05. The molecule has 1 aromatic heterocycles. The van der Waals surface area contributed by atoms with E-state index in [1.54, 1.807) is 23.0 Å². The van der Waals surface area contributed by atoms with Crippen LogP contribution in [-0.4, -0.2) is 52.4 Å². The smallest absolute Gasteiger partial charge is 0.414 e. The number of hydrogen-bond acceptors (Lipinski definition) is 6. The Labute approximate surface area is 186 Å². The molecule has 0 saturated heterocycles. The topological polar surface area (TPSA) is 78.9 Å². The molecule has 3 amide bonds. The first-order chi connectivity index (χ1) is 14.7. The number of rotatable bonds is 2. The average molecular weight is 442 g/mol. The van der Waals surface area contributed by atoms with Crippen molar-refractivity contribution in [3.05, 3.63) is 41.6 Å². The Kier molecular flexibility index (Phi) is 5.55. The molecule has 0 bridgehead atoms. The van der Waals surface area contributed by atoms with Gasteiger partial charge in [-0.05, 0) is 45.1 Å². The number of aromatic nitrogens is 2. The second kappa shape index (κ2) is 8.03. The summed E-state index contributed by atoms with van der Waals surface area (Å²) in [6.07, 6.45) is 3.96. The van der Waals surface area contributed by atoms with Crippen LogP contribution in [0.15, 0.2) is 35.6 Å². The van der Waals surface area contributed by atoms with Gasteiger partial charge in [0.25, 0.3) is 0 Å². The van der Waals surface area contributed by atoms with Crippen LogP contribution in [0.4, 0.5) is 21.1 Å². The minimum Gasteiger partial charge on any atom is -0.443 e. The van der Waals surface area contributed by atoms with Crippen LogP contribution in [0.25, 0.3) is 0 Å². The van der Waals surface area contributed by atoms with E-state index >= 15 is 0 Å². The maximum Gasteiger partial charge on any atom is 0.414 e. The molecule has 1 aromatic carbocycles.